The molecule has 0 spiro atoms. The van der Waals surface area contributed by atoms with Gasteiger partial charge in [-0.15, -0.1) is 10.2 Å². The van der Waals surface area contributed by atoms with Gasteiger partial charge in [0.1, 0.15) is 6.33 Å². The number of carbonyl (C=O) groups excluding carboxylic acids is 1. The second-order valence-corrected chi connectivity index (χ2v) is 5.29. The summed E-state index contributed by atoms with van der Waals surface area (Å²) in [6.07, 6.45) is 2.13. The predicted octanol–water partition coefficient (Wildman–Crippen LogP) is 1.51. The van der Waals surface area contributed by atoms with Crippen LogP contribution in [-0.2, 0) is 11.8 Å². The van der Waals surface area contributed by atoms with E-state index in [0.29, 0.717) is 13.0 Å². The van der Waals surface area contributed by atoms with Crippen molar-refractivity contribution in [3.63, 3.8) is 0 Å². The first-order chi connectivity index (χ1) is 9.69. The maximum Gasteiger partial charge on any atom is 0.225 e. The average Bonchev–Trinajstić information content (AvgIpc) is 2.84. The minimum Gasteiger partial charge on any atom is -0.326 e. The number of benzene rings is 1. The lowest BCUT2D eigenvalue weighted by Gasteiger charge is -2.06. The second-order valence-electron chi connectivity index (χ2n) is 4.25. The fraction of sp³-hybridized carbons (Fsp3) is 0.308. The van der Waals surface area contributed by atoms with Gasteiger partial charge in [0, 0.05) is 30.6 Å². The highest BCUT2D eigenvalue weighted by Crippen LogP contribution is 2.26. The standard InChI is InChI=1S/C13H17N5OS/c1-14-8-7-12(19)16-10-3-5-11(6-4-10)20-13-17-15-9-18(13)2/h3-6,9,14H,7-8H2,1-2H3,(H,16,19). The molecule has 1 aromatic carbocycles. The molecule has 0 aliphatic heterocycles. The smallest absolute Gasteiger partial charge is 0.225 e. The molecule has 2 aromatic rings. The Kier molecular flexibility index (Phi) is 5.14. The number of rotatable bonds is 6. The Hall–Kier alpha value is -1.86. The van der Waals surface area contributed by atoms with Gasteiger partial charge in [-0.05, 0) is 43.1 Å². The summed E-state index contributed by atoms with van der Waals surface area (Å²) in [6.45, 7) is 0.673. The van der Waals surface area contributed by atoms with E-state index in [4.69, 9.17) is 0 Å². The number of aryl methyl sites for hydroxylation is 1. The Morgan fingerprint density at radius 3 is 2.70 bits per heavy atom. The van der Waals surface area contributed by atoms with Gasteiger partial charge in [0.25, 0.3) is 0 Å². The number of anilines is 1. The first-order valence-electron chi connectivity index (χ1n) is 6.25. The van der Waals surface area contributed by atoms with E-state index in [1.165, 1.54) is 11.8 Å². The van der Waals surface area contributed by atoms with E-state index in [9.17, 15) is 4.79 Å². The largest absolute Gasteiger partial charge is 0.326 e. The van der Waals surface area contributed by atoms with Crippen molar-refractivity contribution in [1.82, 2.24) is 20.1 Å². The van der Waals surface area contributed by atoms with Gasteiger partial charge in [0.2, 0.25) is 5.91 Å². The van der Waals surface area contributed by atoms with Crippen LogP contribution in [-0.4, -0.2) is 34.3 Å². The molecule has 0 aliphatic rings. The van der Waals surface area contributed by atoms with E-state index in [1.54, 1.807) is 6.33 Å². The van der Waals surface area contributed by atoms with Crippen LogP contribution in [0.1, 0.15) is 6.42 Å². The highest BCUT2D eigenvalue weighted by atomic mass is 32.2. The SMILES string of the molecule is CNCCC(=O)Nc1ccc(Sc2nncn2C)cc1. The number of carbonyl (C=O) groups is 1. The zero-order valence-corrected chi connectivity index (χ0v) is 12.3. The van der Waals surface area contributed by atoms with E-state index in [1.807, 2.05) is 42.9 Å². The molecule has 1 heterocycles. The summed E-state index contributed by atoms with van der Waals surface area (Å²) in [5, 5.41) is 14.5. The van der Waals surface area contributed by atoms with Crippen molar-refractivity contribution in [2.24, 2.45) is 7.05 Å². The molecule has 0 aliphatic carbocycles. The highest BCUT2D eigenvalue weighted by Gasteiger charge is 2.05. The molecule has 20 heavy (non-hydrogen) atoms. The molecule has 1 aromatic heterocycles. The Balaban J connectivity index is 1.93. The third-order valence-electron chi connectivity index (χ3n) is 2.62. The van der Waals surface area contributed by atoms with Crippen LogP contribution in [0, 0.1) is 0 Å². The molecular formula is C13H17N5OS. The number of aromatic nitrogens is 3. The van der Waals surface area contributed by atoms with Crippen molar-refractivity contribution in [2.45, 2.75) is 16.5 Å². The van der Waals surface area contributed by atoms with E-state index < -0.39 is 0 Å². The molecule has 0 atom stereocenters. The number of nitrogens with zero attached hydrogens (tertiary/aromatic N) is 3. The topological polar surface area (TPSA) is 71.8 Å². The summed E-state index contributed by atoms with van der Waals surface area (Å²) in [6, 6.07) is 7.67. The fourth-order valence-electron chi connectivity index (χ4n) is 1.54. The quantitative estimate of drug-likeness (QED) is 0.844. The lowest BCUT2D eigenvalue weighted by Crippen LogP contribution is -2.18. The van der Waals surface area contributed by atoms with E-state index in [2.05, 4.69) is 20.8 Å². The van der Waals surface area contributed by atoms with Gasteiger partial charge in [-0.25, -0.2) is 0 Å². The van der Waals surface area contributed by atoms with Gasteiger partial charge < -0.3 is 15.2 Å². The molecule has 0 radical (unpaired) electrons. The van der Waals surface area contributed by atoms with Crippen molar-refractivity contribution < 1.29 is 4.79 Å². The molecule has 0 saturated carbocycles. The van der Waals surface area contributed by atoms with Crippen molar-refractivity contribution in [3.8, 4) is 0 Å². The molecular weight excluding hydrogens is 274 g/mol. The third kappa shape index (κ3) is 4.07. The normalized spacial score (nSPS) is 10.5. The lowest BCUT2D eigenvalue weighted by atomic mass is 10.3. The maximum absolute atomic E-state index is 11.6. The first-order valence-corrected chi connectivity index (χ1v) is 7.07. The minimum atomic E-state index is 0.00746. The van der Waals surface area contributed by atoms with Crippen LogP contribution in [0.3, 0.4) is 0 Å². The number of hydrogen-bond donors (Lipinski definition) is 2. The first kappa shape index (κ1) is 14.5. The summed E-state index contributed by atoms with van der Waals surface area (Å²) < 4.78 is 1.86. The summed E-state index contributed by atoms with van der Waals surface area (Å²) in [4.78, 5) is 12.6. The number of amides is 1. The summed E-state index contributed by atoms with van der Waals surface area (Å²) in [5.41, 5.74) is 0.799. The molecule has 7 heteroatoms. The molecule has 6 nitrogen and oxygen atoms in total. The predicted molar refractivity (Wildman–Crippen MR) is 78.7 cm³/mol. The molecule has 2 N–H and O–H groups in total. The van der Waals surface area contributed by atoms with Gasteiger partial charge in [-0.3, -0.25) is 4.79 Å². The maximum atomic E-state index is 11.6. The molecule has 0 unspecified atom stereocenters. The average molecular weight is 291 g/mol. The third-order valence-corrected chi connectivity index (χ3v) is 3.68. The van der Waals surface area contributed by atoms with Crippen molar-refractivity contribution in [2.75, 3.05) is 18.9 Å². The highest BCUT2D eigenvalue weighted by molar-refractivity contribution is 7.99. The van der Waals surface area contributed by atoms with Crippen LogP contribution in [0.15, 0.2) is 40.6 Å². The van der Waals surface area contributed by atoms with Crippen molar-refractivity contribution in [1.29, 1.82) is 0 Å². The second kappa shape index (κ2) is 7.06. The minimum absolute atomic E-state index is 0.00746. The molecule has 0 bridgehead atoms. The molecule has 0 saturated heterocycles. The van der Waals surface area contributed by atoms with Crippen LogP contribution >= 0.6 is 11.8 Å². The summed E-state index contributed by atoms with van der Waals surface area (Å²) in [5.74, 6) is 0.00746. The molecule has 2 rings (SSSR count). The van der Waals surface area contributed by atoms with Crippen LogP contribution in [0.25, 0.3) is 0 Å². The van der Waals surface area contributed by atoms with E-state index >= 15 is 0 Å². The zero-order chi connectivity index (χ0) is 14.4. The van der Waals surface area contributed by atoms with Gasteiger partial charge >= 0.3 is 0 Å². The Labute approximate surface area is 122 Å². The van der Waals surface area contributed by atoms with Crippen LogP contribution < -0.4 is 10.6 Å². The number of hydrogen-bond acceptors (Lipinski definition) is 5. The summed E-state index contributed by atoms with van der Waals surface area (Å²) in [7, 11) is 3.73. The van der Waals surface area contributed by atoms with Gasteiger partial charge in [-0.1, -0.05) is 0 Å². The van der Waals surface area contributed by atoms with Crippen molar-refractivity contribution in [3.05, 3.63) is 30.6 Å². The van der Waals surface area contributed by atoms with Gasteiger partial charge in [0.15, 0.2) is 5.16 Å². The summed E-state index contributed by atoms with van der Waals surface area (Å²) >= 11 is 1.53. The fourth-order valence-corrected chi connectivity index (χ4v) is 2.30. The van der Waals surface area contributed by atoms with Crippen LogP contribution in [0.5, 0.6) is 0 Å². The molecule has 1 amide bonds. The van der Waals surface area contributed by atoms with Gasteiger partial charge in [0.05, 0.1) is 0 Å². The Bertz CT molecular complexity index is 566. The van der Waals surface area contributed by atoms with E-state index in [-0.39, 0.29) is 5.91 Å². The van der Waals surface area contributed by atoms with Crippen molar-refractivity contribution >= 4 is 23.4 Å². The van der Waals surface area contributed by atoms with Crippen LogP contribution in [0.2, 0.25) is 0 Å². The monoisotopic (exact) mass is 291 g/mol. The van der Waals surface area contributed by atoms with Gasteiger partial charge in [-0.2, -0.15) is 0 Å². The van der Waals surface area contributed by atoms with Crippen LogP contribution in [0.4, 0.5) is 5.69 Å². The Morgan fingerprint density at radius 2 is 2.10 bits per heavy atom. The van der Waals surface area contributed by atoms with E-state index in [0.717, 1.165) is 15.7 Å². The molecule has 106 valence electrons. The molecule has 0 fully saturated rings. The Morgan fingerprint density at radius 1 is 1.35 bits per heavy atom. The lowest BCUT2D eigenvalue weighted by molar-refractivity contribution is -0.116. The zero-order valence-electron chi connectivity index (χ0n) is 11.5. The number of nitrogens with one attached hydrogen (secondary N) is 2.